The highest BCUT2D eigenvalue weighted by atomic mass is 16.5. The number of fused-ring (bicyclic) bond motifs is 1. The predicted molar refractivity (Wildman–Crippen MR) is 126 cm³/mol. The number of rotatable bonds is 6. The van der Waals surface area contributed by atoms with Crippen LogP contribution in [-0.2, 0) is 0 Å². The minimum atomic E-state index is -0.302. The van der Waals surface area contributed by atoms with Crippen LogP contribution in [0.5, 0.6) is 5.88 Å². The molecule has 1 amide bonds. The van der Waals surface area contributed by atoms with Crippen LogP contribution in [0.15, 0.2) is 42.6 Å². The van der Waals surface area contributed by atoms with Crippen molar-refractivity contribution in [1.29, 1.82) is 0 Å². The Bertz CT molecular complexity index is 967. The Balaban J connectivity index is 1.97. The fraction of sp³-hybridized carbons (Fsp3) is 0.462. The Labute approximate surface area is 191 Å². The third-order valence-electron chi connectivity index (χ3n) is 5.74. The predicted octanol–water partition coefficient (Wildman–Crippen LogP) is 3.04. The zero-order valence-electron chi connectivity index (χ0n) is 19.4. The van der Waals surface area contributed by atoms with Crippen LogP contribution in [0.2, 0.25) is 0 Å². The maximum atomic E-state index is 13.4. The molecule has 0 unspecified atom stereocenters. The molecule has 0 aliphatic carbocycles. The highest BCUT2D eigenvalue weighted by molar-refractivity contribution is 5.97. The number of pyridine rings is 1. The van der Waals surface area contributed by atoms with E-state index in [9.17, 15) is 9.90 Å². The molecular formula is C26H33N3O3. The molecule has 6 nitrogen and oxygen atoms in total. The van der Waals surface area contributed by atoms with Crippen LogP contribution in [0.4, 0.5) is 0 Å². The fourth-order valence-corrected chi connectivity index (χ4v) is 3.83. The minimum absolute atomic E-state index is 0.0831. The van der Waals surface area contributed by atoms with Gasteiger partial charge in [-0.1, -0.05) is 43.9 Å². The van der Waals surface area contributed by atoms with Gasteiger partial charge in [0.2, 0.25) is 5.88 Å². The topological polar surface area (TPSA) is 65.9 Å². The summed E-state index contributed by atoms with van der Waals surface area (Å²) in [5.74, 6) is 6.43. The second-order valence-electron chi connectivity index (χ2n) is 8.58. The van der Waals surface area contributed by atoms with Crippen LogP contribution in [-0.4, -0.2) is 71.2 Å². The lowest BCUT2D eigenvalue weighted by atomic mass is 10.00. The molecule has 2 heterocycles. The molecule has 0 radical (unpaired) electrons. The number of aromatic nitrogens is 1. The van der Waals surface area contributed by atoms with Crippen LogP contribution in [0.25, 0.3) is 0 Å². The molecule has 0 bridgehead atoms. The molecule has 1 aliphatic heterocycles. The van der Waals surface area contributed by atoms with Crippen molar-refractivity contribution in [1.82, 2.24) is 14.8 Å². The number of hydrogen-bond acceptors (Lipinski definition) is 5. The summed E-state index contributed by atoms with van der Waals surface area (Å²) in [6.07, 6.45) is 2.59. The monoisotopic (exact) mass is 435 g/mol. The number of aliphatic hydroxyl groups excluding tert-OH is 1. The summed E-state index contributed by atoms with van der Waals surface area (Å²) in [5.41, 5.74) is 1.93. The molecule has 1 N–H and O–H groups in total. The molecule has 6 heteroatoms. The van der Waals surface area contributed by atoms with Gasteiger partial charge in [0, 0.05) is 36.3 Å². The lowest BCUT2D eigenvalue weighted by Crippen LogP contribution is -2.50. The number of aliphatic hydroxyl groups is 1. The molecule has 0 saturated heterocycles. The molecule has 3 atom stereocenters. The molecule has 3 rings (SSSR count). The van der Waals surface area contributed by atoms with Crippen molar-refractivity contribution >= 4 is 5.91 Å². The summed E-state index contributed by atoms with van der Waals surface area (Å²) < 4.78 is 6.31. The molecule has 1 aliphatic rings. The second kappa shape index (κ2) is 11.1. The number of hydrogen-bond donors (Lipinski definition) is 1. The summed E-state index contributed by atoms with van der Waals surface area (Å²) in [7, 11) is 2.08. The first-order valence-corrected chi connectivity index (χ1v) is 11.3. The molecule has 32 heavy (non-hydrogen) atoms. The Hall–Kier alpha value is -2.88. The maximum Gasteiger partial charge on any atom is 0.259 e. The fourth-order valence-electron chi connectivity index (χ4n) is 3.83. The molecule has 1 aromatic carbocycles. The van der Waals surface area contributed by atoms with Gasteiger partial charge in [0.05, 0.1) is 12.6 Å². The number of likely N-dealkylation sites (N-methyl/N-ethyl adjacent to an activating group) is 1. The van der Waals surface area contributed by atoms with Crippen molar-refractivity contribution in [2.75, 3.05) is 33.3 Å². The zero-order chi connectivity index (χ0) is 23.1. The summed E-state index contributed by atoms with van der Waals surface area (Å²) in [4.78, 5) is 21.9. The number of carbonyl (C=O) groups is 1. The van der Waals surface area contributed by atoms with Gasteiger partial charge >= 0.3 is 0 Å². The van der Waals surface area contributed by atoms with E-state index in [4.69, 9.17) is 4.74 Å². The zero-order valence-corrected chi connectivity index (χ0v) is 19.4. The summed E-state index contributed by atoms with van der Waals surface area (Å²) in [6, 6.07) is 11.1. The van der Waals surface area contributed by atoms with E-state index in [-0.39, 0.29) is 30.6 Å². The number of benzene rings is 1. The van der Waals surface area contributed by atoms with E-state index in [0.29, 0.717) is 23.6 Å². The van der Waals surface area contributed by atoms with Gasteiger partial charge in [-0.25, -0.2) is 4.98 Å². The molecular weight excluding hydrogens is 402 g/mol. The van der Waals surface area contributed by atoms with Gasteiger partial charge in [0.25, 0.3) is 5.91 Å². The van der Waals surface area contributed by atoms with E-state index < -0.39 is 0 Å². The van der Waals surface area contributed by atoms with Crippen LogP contribution in [0.1, 0.15) is 48.7 Å². The molecule has 0 saturated carbocycles. The van der Waals surface area contributed by atoms with E-state index in [1.165, 1.54) is 0 Å². The Morgan fingerprint density at radius 1 is 1.28 bits per heavy atom. The lowest BCUT2D eigenvalue weighted by molar-refractivity contribution is 0.0331. The number of carbonyl (C=O) groups excluding carboxylic acids is 1. The van der Waals surface area contributed by atoms with E-state index >= 15 is 0 Å². The van der Waals surface area contributed by atoms with Crippen LogP contribution in [0, 0.1) is 17.8 Å². The lowest BCUT2D eigenvalue weighted by Gasteiger charge is -2.37. The average molecular weight is 436 g/mol. The van der Waals surface area contributed by atoms with Crippen LogP contribution >= 0.6 is 0 Å². The first-order valence-electron chi connectivity index (χ1n) is 11.3. The van der Waals surface area contributed by atoms with Crippen molar-refractivity contribution in [3.05, 3.63) is 59.3 Å². The molecule has 1 aromatic heterocycles. The minimum Gasteiger partial charge on any atom is -0.472 e. The largest absolute Gasteiger partial charge is 0.472 e. The van der Waals surface area contributed by atoms with Crippen molar-refractivity contribution in [2.24, 2.45) is 5.92 Å². The number of nitrogens with zero attached hydrogens (tertiary/aromatic N) is 3. The highest BCUT2D eigenvalue weighted by Crippen LogP contribution is 2.27. The van der Waals surface area contributed by atoms with Gasteiger partial charge in [0.15, 0.2) is 0 Å². The normalized spacial score (nSPS) is 19.3. The highest BCUT2D eigenvalue weighted by Gasteiger charge is 2.34. The summed E-state index contributed by atoms with van der Waals surface area (Å²) in [5, 5.41) is 9.78. The summed E-state index contributed by atoms with van der Waals surface area (Å²) in [6.45, 7) is 8.20. The smallest absolute Gasteiger partial charge is 0.259 e. The van der Waals surface area contributed by atoms with Crippen molar-refractivity contribution in [3.8, 4) is 17.7 Å². The maximum absolute atomic E-state index is 13.4. The Kier molecular flexibility index (Phi) is 8.26. The third-order valence-corrected chi connectivity index (χ3v) is 5.74. The van der Waals surface area contributed by atoms with Gasteiger partial charge in [-0.3, -0.25) is 4.79 Å². The Morgan fingerprint density at radius 3 is 2.69 bits per heavy atom. The first kappa shape index (κ1) is 23.8. The first-order chi connectivity index (χ1) is 15.4. The van der Waals surface area contributed by atoms with Gasteiger partial charge in [-0.2, -0.15) is 0 Å². The van der Waals surface area contributed by atoms with E-state index in [2.05, 4.69) is 42.6 Å². The van der Waals surface area contributed by atoms with Crippen molar-refractivity contribution in [3.63, 3.8) is 0 Å². The SMILES string of the molecule is CCCN(C)C[C@@H]1Oc2ncc(C#Cc3ccccc3)cc2C(=O)N([C@H](C)CO)C[C@@H]1C. The van der Waals surface area contributed by atoms with Crippen molar-refractivity contribution in [2.45, 2.75) is 39.3 Å². The average Bonchev–Trinajstić information content (AvgIpc) is 2.80. The molecule has 0 fully saturated rings. The second-order valence-corrected chi connectivity index (χ2v) is 8.58. The van der Waals surface area contributed by atoms with Gasteiger partial charge < -0.3 is 19.6 Å². The van der Waals surface area contributed by atoms with Gasteiger partial charge in [-0.15, -0.1) is 0 Å². The quantitative estimate of drug-likeness (QED) is 0.707. The van der Waals surface area contributed by atoms with Crippen molar-refractivity contribution < 1.29 is 14.6 Å². The van der Waals surface area contributed by atoms with E-state index in [0.717, 1.165) is 25.1 Å². The third kappa shape index (κ3) is 5.87. The standard InChI is InChI=1S/C26H33N3O3/c1-5-13-28(4)17-24-19(2)16-29(20(3)18-30)26(31)23-14-22(15-27-25(23)32-24)12-11-21-9-7-6-8-10-21/h6-10,14-15,19-20,24,30H,5,13,16-18H2,1-4H3/t19-,20+,24-/m0/s1. The molecule has 0 spiro atoms. The molecule has 170 valence electrons. The Morgan fingerprint density at radius 2 is 2.00 bits per heavy atom. The van der Waals surface area contributed by atoms with Crippen LogP contribution < -0.4 is 4.74 Å². The van der Waals surface area contributed by atoms with Gasteiger partial charge in [0.1, 0.15) is 11.7 Å². The van der Waals surface area contributed by atoms with Crippen LogP contribution in [0.3, 0.4) is 0 Å². The van der Waals surface area contributed by atoms with Gasteiger partial charge in [-0.05, 0) is 45.1 Å². The van der Waals surface area contributed by atoms with E-state index in [1.54, 1.807) is 17.2 Å². The number of ether oxygens (including phenoxy) is 1. The molecule has 2 aromatic rings. The summed E-state index contributed by atoms with van der Waals surface area (Å²) >= 11 is 0. The van der Waals surface area contributed by atoms with E-state index in [1.807, 2.05) is 37.3 Å². The number of amides is 1.